The standard InChI is InChI=1S/C17H12F3N3/c18-17(19,20)13-3-1-2-11(6-13)9-23-10-12(8-21)15-7-14(22)4-5-16(15)23/h1-7,10H,9,22H2. The van der Waals surface area contributed by atoms with Gasteiger partial charge in [0.05, 0.1) is 11.1 Å². The van der Waals surface area contributed by atoms with E-state index in [4.69, 9.17) is 5.73 Å². The second-order valence-electron chi connectivity index (χ2n) is 5.26. The maximum absolute atomic E-state index is 12.8. The number of nitrogen functional groups attached to an aromatic ring is 1. The van der Waals surface area contributed by atoms with Gasteiger partial charge in [-0.15, -0.1) is 0 Å². The SMILES string of the molecule is N#Cc1cn(Cc2cccc(C(F)(F)F)c2)c2ccc(N)cc12. The zero-order valence-corrected chi connectivity index (χ0v) is 11.9. The van der Waals surface area contributed by atoms with E-state index in [9.17, 15) is 18.4 Å². The summed E-state index contributed by atoms with van der Waals surface area (Å²) in [6.07, 6.45) is -2.74. The molecule has 0 fully saturated rings. The first-order valence-corrected chi connectivity index (χ1v) is 6.83. The maximum Gasteiger partial charge on any atom is 0.416 e. The topological polar surface area (TPSA) is 54.7 Å². The summed E-state index contributed by atoms with van der Waals surface area (Å²) < 4.78 is 40.1. The van der Waals surface area contributed by atoms with Crippen molar-refractivity contribution in [3.63, 3.8) is 0 Å². The molecule has 3 aromatic rings. The summed E-state index contributed by atoms with van der Waals surface area (Å²) in [6, 6.07) is 12.4. The quantitative estimate of drug-likeness (QED) is 0.722. The van der Waals surface area contributed by atoms with Gasteiger partial charge in [-0.3, -0.25) is 0 Å². The number of anilines is 1. The highest BCUT2D eigenvalue weighted by molar-refractivity contribution is 5.89. The van der Waals surface area contributed by atoms with E-state index in [2.05, 4.69) is 6.07 Å². The summed E-state index contributed by atoms with van der Waals surface area (Å²) in [5.41, 5.74) is 7.30. The molecule has 0 aliphatic carbocycles. The van der Waals surface area contributed by atoms with Crippen LogP contribution in [0.5, 0.6) is 0 Å². The second-order valence-corrected chi connectivity index (χ2v) is 5.26. The van der Waals surface area contributed by atoms with E-state index in [1.807, 2.05) is 0 Å². The number of halogens is 3. The molecule has 0 saturated heterocycles. The Hall–Kier alpha value is -2.94. The summed E-state index contributed by atoms with van der Waals surface area (Å²) >= 11 is 0. The molecule has 3 nitrogen and oxygen atoms in total. The van der Waals surface area contributed by atoms with E-state index in [1.54, 1.807) is 35.0 Å². The average molecular weight is 315 g/mol. The predicted octanol–water partition coefficient (Wildman–Crippen LogP) is 4.16. The first kappa shape index (κ1) is 15.0. The number of rotatable bonds is 2. The van der Waals surface area contributed by atoms with Crippen LogP contribution in [0.2, 0.25) is 0 Å². The van der Waals surface area contributed by atoms with Crippen molar-refractivity contribution < 1.29 is 13.2 Å². The molecule has 2 aromatic carbocycles. The van der Waals surface area contributed by atoms with Crippen LogP contribution in [0.3, 0.4) is 0 Å². The lowest BCUT2D eigenvalue weighted by Gasteiger charge is -2.10. The second kappa shape index (κ2) is 5.36. The molecule has 0 amide bonds. The van der Waals surface area contributed by atoms with Crippen LogP contribution in [-0.4, -0.2) is 4.57 Å². The van der Waals surface area contributed by atoms with Gasteiger partial charge in [-0.05, 0) is 35.9 Å². The molecule has 0 aliphatic heterocycles. The normalized spacial score (nSPS) is 11.6. The average Bonchev–Trinajstić information content (AvgIpc) is 2.84. The highest BCUT2D eigenvalue weighted by Crippen LogP contribution is 2.30. The maximum atomic E-state index is 12.8. The highest BCUT2D eigenvalue weighted by Gasteiger charge is 2.30. The van der Waals surface area contributed by atoms with E-state index in [1.165, 1.54) is 6.07 Å². The molecule has 116 valence electrons. The fourth-order valence-corrected chi connectivity index (χ4v) is 2.58. The van der Waals surface area contributed by atoms with Crippen molar-refractivity contribution in [2.24, 2.45) is 0 Å². The Morgan fingerprint density at radius 2 is 1.91 bits per heavy atom. The molecule has 23 heavy (non-hydrogen) atoms. The predicted molar refractivity (Wildman–Crippen MR) is 81.6 cm³/mol. The first-order chi connectivity index (χ1) is 10.9. The molecule has 6 heteroatoms. The number of hydrogen-bond donors (Lipinski definition) is 1. The Labute approximate surface area is 130 Å². The number of benzene rings is 2. The van der Waals surface area contributed by atoms with E-state index in [0.717, 1.165) is 17.6 Å². The molecule has 0 aliphatic rings. The van der Waals surface area contributed by atoms with E-state index in [-0.39, 0.29) is 6.54 Å². The molecule has 0 saturated carbocycles. The summed E-state index contributed by atoms with van der Waals surface area (Å²) in [5, 5.41) is 9.90. The van der Waals surface area contributed by atoms with E-state index in [0.29, 0.717) is 22.2 Å². The van der Waals surface area contributed by atoms with Crippen LogP contribution in [0.25, 0.3) is 10.9 Å². The minimum absolute atomic E-state index is 0.242. The van der Waals surface area contributed by atoms with Crippen molar-refractivity contribution in [1.82, 2.24) is 4.57 Å². The summed E-state index contributed by atoms with van der Waals surface area (Å²) in [7, 11) is 0. The number of nitriles is 1. The smallest absolute Gasteiger partial charge is 0.399 e. The molecular formula is C17H12F3N3. The number of alkyl halides is 3. The molecule has 3 rings (SSSR count). The van der Waals surface area contributed by atoms with Crippen LogP contribution in [-0.2, 0) is 12.7 Å². The van der Waals surface area contributed by atoms with Crippen LogP contribution >= 0.6 is 0 Å². The number of nitrogens with zero attached hydrogens (tertiary/aromatic N) is 2. The summed E-state index contributed by atoms with van der Waals surface area (Å²) in [4.78, 5) is 0. The Bertz CT molecular complexity index is 917. The Morgan fingerprint density at radius 3 is 2.61 bits per heavy atom. The lowest BCUT2D eigenvalue weighted by Crippen LogP contribution is -2.06. The van der Waals surface area contributed by atoms with Gasteiger partial charge in [-0.2, -0.15) is 18.4 Å². The highest BCUT2D eigenvalue weighted by atomic mass is 19.4. The van der Waals surface area contributed by atoms with Crippen LogP contribution < -0.4 is 5.73 Å². The van der Waals surface area contributed by atoms with Crippen LogP contribution in [0.1, 0.15) is 16.7 Å². The van der Waals surface area contributed by atoms with Crippen molar-refractivity contribution >= 4 is 16.6 Å². The van der Waals surface area contributed by atoms with Gasteiger partial charge in [0.25, 0.3) is 0 Å². The van der Waals surface area contributed by atoms with Gasteiger partial charge in [0, 0.05) is 29.3 Å². The Kier molecular flexibility index (Phi) is 3.49. The zero-order chi connectivity index (χ0) is 16.6. The number of fused-ring (bicyclic) bond motifs is 1. The van der Waals surface area contributed by atoms with Gasteiger partial charge in [0.2, 0.25) is 0 Å². The van der Waals surface area contributed by atoms with Gasteiger partial charge in [-0.1, -0.05) is 12.1 Å². The van der Waals surface area contributed by atoms with Crippen LogP contribution in [0, 0.1) is 11.3 Å². The third kappa shape index (κ3) is 2.86. The lowest BCUT2D eigenvalue weighted by atomic mass is 10.1. The number of aromatic nitrogens is 1. The van der Waals surface area contributed by atoms with E-state index >= 15 is 0 Å². The number of hydrogen-bond acceptors (Lipinski definition) is 2. The van der Waals surface area contributed by atoms with Crippen molar-refractivity contribution in [2.45, 2.75) is 12.7 Å². The minimum atomic E-state index is -4.37. The van der Waals surface area contributed by atoms with Crippen molar-refractivity contribution in [3.05, 3.63) is 65.4 Å². The van der Waals surface area contributed by atoms with E-state index < -0.39 is 11.7 Å². The molecule has 0 radical (unpaired) electrons. The van der Waals surface area contributed by atoms with Gasteiger partial charge >= 0.3 is 6.18 Å². The van der Waals surface area contributed by atoms with Crippen molar-refractivity contribution in [3.8, 4) is 6.07 Å². The molecule has 2 N–H and O–H groups in total. The van der Waals surface area contributed by atoms with Gasteiger partial charge in [0.1, 0.15) is 6.07 Å². The molecule has 0 spiro atoms. The van der Waals surface area contributed by atoms with Gasteiger partial charge in [0.15, 0.2) is 0 Å². The minimum Gasteiger partial charge on any atom is -0.399 e. The third-order valence-electron chi connectivity index (χ3n) is 3.63. The zero-order valence-electron chi connectivity index (χ0n) is 11.9. The largest absolute Gasteiger partial charge is 0.416 e. The van der Waals surface area contributed by atoms with Crippen molar-refractivity contribution in [1.29, 1.82) is 5.26 Å². The fourth-order valence-electron chi connectivity index (χ4n) is 2.58. The Balaban J connectivity index is 2.04. The number of nitrogens with two attached hydrogens (primary N) is 1. The fraction of sp³-hybridized carbons (Fsp3) is 0.118. The molecule has 0 unspecified atom stereocenters. The molecule has 0 atom stereocenters. The summed E-state index contributed by atoms with van der Waals surface area (Å²) in [5.74, 6) is 0. The lowest BCUT2D eigenvalue weighted by molar-refractivity contribution is -0.137. The Morgan fingerprint density at radius 1 is 1.13 bits per heavy atom. The molecule has 1 aromatic heterocycles. The first-order valence-electron chi connectivity index (χ1n) is 6.83. The van der Waals surface area contributed by atoms with Gasteiger partial charge in [-0.25, -0.2) is 0 Å². The van der Waals surface area contributed by atoms with Crippen LogP contribution in [0.4, 0.5) is 18.9 Å². The van der Waals surface area contributed by atoms with Crippen LogP contribution in [0.15, 0.2) is 48.7 Å². The van der Waals surface area contributed by atoms with Gasteiger partial charge < -0.3 is 10.3 Å². The monoisotopic (exact) mass is 315 g/mol. The van der Waals surface area contributed by atoms with Crippen molar-refractivity contribution in [2.75, 3.05) is 5.73 Å². The molecular weight excluding hydrogens is 303 g/mol. The third-order valence-corrected chi connectivity index (χ3v) is 3.63. The molecule has 1 heterocycles. The summed E-state index contributed by atoms with van der Waals surface area (Å²) in [6.45, 7) is 0.242. The molecule has 0 bridgehead atoms.